The summed E-state index contributed by atoms with van der Waals surface area (Å²) in [6.45, 7) is 4.27. The van der Waals surface area contributed by atoms with Gasteiger partial charge in [-0.05, 0) is 26.4 Å². The van der Waals surface area contributed by atoms with Crippen LogP contribution in [-0.4, -0.2) is 10.9 Å². The van der Waals surface area contributed by atoms with Gasteiger partial charge in [0.25, 0.3) is 0 Å². The summed E-state index contributed by atoms with van der Waals surface area (Å²) in [6.07, 6.45) is 0. The first-order valence-electron chi connectivity index (χ1n) is 2.75. The highest BCUT2D eigenvalue weighted by Gasteiger charge is 2.12. The number of hydrogen-bond acceptors (Lipinski definition) is 3. The van der Waals surface area contributed by atoms with Crippen molar-refractivity contribution in [3.05, 3.63) is 0 Å². The van der Waals surface area contributed by atoms with Crippen molar-refractivity contribution in [3.63, 3.8) is 0 Å². The molecule has 0 radical (unpaired) electrons. The summed E-state index contributed by atoms with van der Waals surface area (Å²) < 4.78 is 0. The maximum absolute atomic E-state index is 4.10. The Morgan fingerprint density at radius 1 is 1.78 bits per heavy atom. The van der Waals surface area contributed by atoms with Crippen LogP contribution < -0.4 is 4.83 Å². The fourth-order valence-electron chi connectivity index (χ4n) is 0.462. The molecule has 0 saturated heterocycles. The van der Waals surface area contributed by atoms with Gasteiger partial charge in [-0.25, -0.2) is 4.83 Å². The summed E-state index contributed by atoms with van der Waals surface area (Å²) in [5, 5.41) is 5.27. The van der Waals surface area contributed by atoms with Crippen LogP contribution >= 0.6 is 20.5 Å². The predicted molar refractivity (Wildman–Crippen MR) is 47.7 cm³/mol. The minimum absolute atomic E-state index is 0.0105. The van der Waals surface area contributed by atoms with Gasteiger partial charge in [0.2, 0.25) is 0 Å². The predicted octanol–water partition coefficient (Wildman–Crippen LogP) is 1.82. The van der Waals surface area contributed by atoms with Gasteiger partial charge < -0.3 is 0 Å². The van der Waals surface area contributed by atoms with E-state index in [0.29, 0.717) is 5.92 Å². The molecule has 0 aromatic heterocycles. The third-order valence-electron chi connectivity index (χ3n) is 0.938. The van der Waals surface area contributed by atoms with Crippen LogP contribution in [0.2, 0.25) is 0 Å². The summed E-state index contributed by atoms with van der Waals surface area (Å²) in [7, 11) is 1.72. The summed E-state index contributed by atoms with van der Waals surface area (Å²) in [5.74, 6) is 4.38. The molecular weight excluding hydrogens is 152 g/mol. The first-order chi connectivity index (χ1) is 4.20. The Kier molecular flexibility index (Phi) is 2.18. The van der Waals surface area contributed by atoms with Crippen LogP contribution in [-0.2, 0) is 0 Å². The Morgan fingerprint density at radius 2 is 2.44 bits per heavy atom. The minimum atomic E-state index is -0.0105. The zero-order valence-corrected chi connectivity index (χ0v) is 7.18. The fourth-order valence-corrected chi connectivity index (χ4v) is 2.77. The number of hydrazone groups is 1. The lowest BCUT2D eigenvalue weighted by molar-refractivity contribution is 0.888. The third kappa shape index (κ3) is 1.72. The van der Waals surface area contributed by atoms with Gasteiger partial charge in [-0.3, -0.25) is 0 Å². The second-order valence-corrected chi connectivity index (χ2v) is 5.29. The molecule has 0 amide bonds. The topological polar surface area (TPSA) is 24.4 Å². The molecule has 0 fully saturated rings. The molecular formula is C5H10N2S2. The molecule has 0 aliphatic carbocycles. The Morgan fingerprint density at radius 3 is 2.67 bits per heavy atom. The van der Waals surface area contributed by atoms with Crippen molar-refractivity contribution in [2.45, 2.75) is 13.8 Å². The summed E-state index contributed by atoms with van der Waals surface area (Å²) >= 11 is 0. The van der Waals surface area contributed by atoms with E-state index in [1.807, 2.05) is 0 Å². The van der Waals surface area contributed by atoms with E-state index in [4.69, 9.17) is 0 Å². The number of nitrogens with zero attached hydrogens (tertiary/aromatic N) is 1. The summed E-state index contributed by atoms with van der Waals surface area (Å²) in [4.78, 5) is 2.92. The van der Waals surface area contributed by atoms with Crippen LogP contribution in [0.5, 0.6) is 0 Å². The van der Waals surface area contributed by atoms with Crippen molar-refractivity contribution >= 4 is 31.4 Å². The molecule has 1 N–H and O–H groups in total. The Balaban J connectivity index is 2.55. The van der Waals surface area contributed by atoms with Gasteiger partial charge in [-0.1, -0.05) is 13.8 Å². The standard InChI is InChI=1S/C5H10N2S2/c1-4(2)5-6-7-9(3)8-5/h4,7H,3H2,1-2H3. The van der Waals surface area contributed by atoms with Crippen molar-refractivity contribution in [1.29, 1.82) is 0 Å². The van der Waals surface area contributed by atoms with Gasteiger partial charge in [0.1, 0.15) is 5.04 Å². The van der Waals surface area contributed by atoms with Crippen LogP contribution in [0.15, 0.2) is 5.10 Å². The number of nitrogens with one attached hydrogen (secondary N) is 1. The first kappa shape index (κ1) is 7.15. The monoisotopic (exact) mass is 162 g/mol. The minimum Gasteiger partial charge on any atom is -0.248 e. The SMILES string of the molecule is C=S1NN=C(C(C)C)S1. The van der Waals surface area contributed by atoms with E-state index in [1.165, 1.54) is 5.04 Å². The molecule has 1 aliphatic rings. The van der Waals surface area contributed by atoms with Gasteiger partial charge in [-0.2, -0.15) is 5.10 Å². The zero-order chi connectivity index (χ0) is 6.85. The molecule has 1 unspecified atom stereocenters. The van der Waals surface area contributed by atoms with E-state index in [1.54, 1.807) is 10.8 Å². The fraction of sp³-hybridized carbons (Fsp3) is 0.600. The Labute approximate surface area is 61.6 Å². The molecule has 2 nitrogen and oxygen atoms in total. The van der Waals surface area contributed by atoms with E-state index in [9.17, 15) is 0 Å². The van der Waals surface area contributed by atoms with E-state index >= 15 is 0 Å². The number of rotatable bonds is 1. The lowest BCUT2D eigenvalue weighted by Gasteiger charge is -1.97. The highest BCUT2D eigenvalue weighted by molar-refractivity contribution is 8.88. The smallest absolute Gasteiger partial charge is 0.108 e. The van der Waals surface area contributed by atoms with Gasteiger partial charge in [0.15, 0.2) is 0 Å². The quantitative estimate of drug-likeness (QED) is 0.470. The highest BCUT2D eigenvalue weighted by Crippen LogP contribution is 2.33. The van der Waals surface area contributed by atoms with Crippen molar-refractivity contribution in [1.82, 2.24) is 4.83 Å². The molecule has 1 atom stereocenters. The van der Waals surface area contributed by atoms with E-state index < -0.39 is 0 Å². The molecule has 1 heterocycles. The van der Waals surface area contributed by atoms with Gasteiger partial charge >= 0.3 is 0 Å². The maximum atomic E-state index is 4.10. The molecule has 1 rings (SSSR count). The number of hydrogen-bond donors (Lipinski definition) is 1. The van der Waals surface area contributed by atoms with Gasteiger partial charge in [0.05, 0.1) is 0 Å². The van der Waals surface area contributed by atoms with Crippen LogP contribution in [0.1, 0.15) is 13.8 Å². The normalized spacial score (nSPS) is 26.1. The molecule has 4 heteroatoms. The average Bonchev–Trinajstić information content (AvgIpc) is 2.14. The van der Waals surface area contributed by atoms with Crippen molar-refractivity contribution in [2.75, 3.05) is 0 Å². The van der Waals surface area contributed by atoms with Gasteiger partial charge in [0, 0.05) is 5.92 Å². The summed E-state index contributed by atoms with van der Waals surface area (Å²) in [6, 6.07) is 0. The lowest BCUT2D eigenvalue weighted by Crippen LogP contribution is -1.98. The van der Waals surface area contributed by atoms with E-state index in [0.717, 1.165) is 0 Å². The van der Waals surface area contributed by atoms with Crippen LogP contribution in [0.4, 0.5) is 0 Å². The van der Waals surface area contributed by atoms with Gasteiger partial charge in [-0.15, -0.1) is 0 Å². The van der Waals surface area contributed by atoms with Crippen LogP contribution in [0.3, 0.4) is 0 Å². The van der Waals surface area contributed by atoms with Crippen molar-refractivity contribution in [3.8, 4) is 0 Å². The molecule has 9 heavy (non-hydrogen) atoms. The lowest BCUT2D eigenvalue weighted by atomic mass is 10.2. The zero-order valence-electron chi connectivity index (χ0n) is 5.55. The van der Waals surface area contributed by atoms with E-state index in [-0.39, 0.29) is 9.70 Å². The molecule has 0 bridgehead atoms. The largest absolute Gasteiger partial charge is 0.248 e. The summed E-state index contributed by atoms with van der Waals surface area (Å²) in [5.41, 5.74) is 0. The molecule has 52 valence electrons. The molecule has 0 aromatic rings. The Hall–Kier alpha value is 0.0400. The van der Waals surface area contributed by atoms with E-state index in [2.05, 4.69) is 29.7 Å². The second-order valence-electron chi connectivity index (χ2n) is 2.12. The molecule has 0 spiro atoms. The highest BCUT2D eigenvalue weighted by atomic mass is 33.1. The first-order valence-corrected chi connectivity index (χ1v) is 5.48. The maximum Gasteiger partial charge on any atom is 0.108 e. The van der Waals surface area contributed by atoms with Crippen molar-refractivity contribution < 1.29 is 0 Å². The second kappa shape index (κ2) is 2.75. The van der Waals surface area contributed by atoms with Crippen LogP contribution in [0, 0.1) is 5.92 Å². The van der Waals surface area contributed by atoms with Crippen molar-refractivity contribution in [2.24, 2.45) is 11.0 Å². The van der Waals surface area contributed by atoms with Crippen LogP contribution in [0.25, 0.3) is 0 Å². The molecule has 0 saturated carbocycles. The Bertz CT molecular complexity index is 162. The molecule has 0 aromatic carbocycles. The molecule has 1 aliphatic heterocycles. The average molecular weight is 162 g/mol. The third-order valence-corrected chi connectivity index (χ3v) is 3.51.